The van der Waals surface area contributed by atoms with E-state index in [1.807, 2.05) is 12.3 Å². The predicted molar refractivity (Wildman–Crippen MR) is 74.0 cm³/mol. The van der Waals surface area contributed by atoms with Gasteiger partial charge in [-0.15, -0.1) is 0 Å². The van der Waals surface area contributed by atoms with Gasteiger partial charge >= 0.3 is 0 Å². The van der Waals surface area contributed by atoms with E-state index in [1.54, 1.807) is 0 Å². The van der Waals surface area contributed by atoms with E-state index in [-0.39, 0.29) is 0 Å². The zero-order valence-corrected chi connectivity index (χ0v) is 11.5. The van der Waals surface area contributed by atoms with Crippen molar-refractivity contribution in [3.63, 3.8) is 0 Å². The standard InChI is InChI=1S/C15H26N2/c1-4-6-9-14(5-2)11-16-12-15-13(3)8-7-10-17-15/h7-8,10,14,16H,4-6,9,11-12H2,1-3H3. The SMILES string of the molecule is CCCCC(CC)CNCc1ncccc1C. The molecule has 0 aromatic carbocycles. The number of nitrogens with zero attached hydrogens (tertiary/aromatic N) is 1. The van der Waals surface area contributed by atoms with Gasteiger partial charge in [0.1, 0.15) is 0 Å². The van der Waals surface area contributed by atoms with Crippen molar-refractivity contribution in [2.45, 2.75) is 53.0 Å². The Kier molecular flexibility index (Phi) is 6.87. The van der Waals surface area contributed by atoms with Crippen LogP contribution in [-0.4, -0.2) is 11.5 Å². The van der Waals surface area contributed by atoms with Gasteiger partial charge in [0.15, 0.2) is 0 Å². The number of pyridine rings is 1. The molecule has 2 nitrogen and oxygen atoms in total. The summed E-state index contributed by atoms with van der Waals surface area (Å²) in [4.78, 5) is 4.40. The first-order valence-electron chi connectivity index (χ1n) is 6.89. The first-order chi connectivity index (χ1) is 8.27. The highest BCUT2D eigenvalue weighted by Gasteiger charge is 2.05. The highest BCUT2D eigenvalue weighted by Crippen LogP contribution is 2.11. The summed E-state index contributed by atoms with van der Waals surface area (Å²) >= 11 is 0. The minimum absolute atomic E-state index is 0.818. The second-order valence-corrected chi connectivity index (χ2v) is 4.81. The fraction of sp³-hybridized carbons (Fsp3) is 0.667. The van der Waals surface area contributed by atoms with Gasteiger partial charge < -0.3 is 5.32 Å². The van der Waals surface area contributed by atoms with E-state index in [0.29, 0.717) is 0 Å². The molecule has 1 unspecified atom stereocenters. The topological polar surface area (TPSA) is 24.9 Å². The maximum atomic E-state index is 4.40. The van der Waals surface area contributed by atoms with Crippen LogP contribution >= 0.6 is 0 Å². The average molecular weight is 234 g/mol. The molecular weight excluding hydrogens is 208 g/mol. The van der Waals surface area contributed by atoms with E-state index >= 15 is 0 Å². The third-order valence-electron chi connectivity index (χ3n) is 3.39. The summed E-state index contributed by atoms with van der Waals surface area (Å²) in [6.45, 7) is 8.69. The lowest BCUT2D eigenvalue weighted by Crippen LogP contribution is -2.23. The maximum Gasteiger partial charge on any atom is 0.0570 e. The third-order valence-corrected chi connectivity index (χ3v) is 3.39. The second kappa shape index (κ2) is 8.24. The van der Waals surface area contributed by atoms with Gasteiger partial charge in [0.25, 0.3) is 0 Å². The lowest BCUT2D eigenvalue weighted by molar-refractivity contribution is 0.418. The molecule has 96 valence electrons. The van der Waals surface area contributed by atoms with Gasteiger partial charge in [-0.05, 0) is 37.4 Å². The van der Waals surface area contributed by atoms with Gasteiger partial charge in [0, 0.05) is 12.7 Å². The molecule has 17 heavy (non-hydrogen) atoms. The summed E-state index contributed by atoms with van der Waals surface area (Å²) in [6.07, 6.45) is 7.15. The highest BCUT2D eigenvalue weighted by molar-refractivity contribution is 5.17. The molecule has 1 aromatic rings. The van der Waals surface area contributed by atoms with Crippen molar-refractivity contribution in [3.05, 3.63) is 29.6 Å². The smallest absolute Gasteiger partial charge is 0.0570 e. The molecule has 1 N–H and O–H groups in total. The van der Waals surface area contributed by atoms with E-state index in [0.717, 1.165) is 19.0 Å². The molecule has 0 aliphatic rings. The molecule has 0 fully saturated rings. The van der Waals surface area contributed by atoms with E-state index in [9.17, 15) is 0 Å². The number of aryl methyl sites for hydroxylation is 1. The van der Waals surface area contributed by atoms with Crippen molar-refractivity contribution >= 4 is 0 Å². The van der Waals surface area contributed by atoms with Crippen molar-refractivity contribution in [1.82, 2.24) is 10.3 Å². The van der Waals surface area contributed by atoms with Crippen LogP contribution in [0.25, 0.3) is 0 Å². The Hall–Kier alpha value is -0.890. The Labute approximate surface area is 106 Å². The van der Waals surface area contributed by atoms with Crippen LogP contribution in [0.15, 0.2) is 18.3 Å². The lowest BCUT2D eigenvalue weighted by Gasteiger charge is -2.15. The highest BCUT2D eigenvalue weighted by atomic mass is 14.9. The van der Waals surface area contributed by atoms with Crippen LogP contribution < -0.4 is 5.32 Å². The molecule has 2 heteroatoms. The molecule has 1 atom stereocenters. The Morgan fingerprint density at radius 3 is 2.82 bits per heavy atom. The average Bonchev–Trinajstić information content (AvgIpc) is 2.35. The van der Waals surface area contributed by atoms with Crippen molar-refractivity contribution in [2.24, 2.45) is 5.92 Å². The molecule has 0 aliphatic carbocycles. The van der Waals surface area contributed by atoms with Crippen LogP contribution in [-0.2, 0) is 6.54 Å². The molecule has 0 amide bonds. The number of hydrogen-bond donors (Lipinski definition) is 1. The van der Waals surface area contributed by atoms with E-state index < -0.39 is 0 Å². The molecule has 0 saturated heterocycles. The maximum absolute atomic E-state index is 4.40. The zero-order chi connectivity index (χ0) is 12.5. The molecule has 1 heterocycles. The summed E-state index contributed by atoms with van der Waals surface area (Å²) in [7, 11) is 0. The van der Waals surface area contributed by atoms with Gasteiger partial charge in [-0.2, -0.15) is 0 Å². The van der Waals surface area contributed by atoms with E-state index in [1.165, 1.54) is 36.9 Å². The van der Waals surface area contributed by atoms with Crippen LogP contribution in [0.5, 0.6) is 0 Å². The quantitative estimate of drug-likeness (QED) is 0.742. The number of nitrogens with one attached hydrogen (secondary N) is 1. The minimum atomic E-state index is 0.818. The minimum Gasteiger partial charge on any atom is -0.311 e. The Balaban J connectivity index is 2.28. The van der Waals surface area contributed by atoms with Crippen molar-refractivity contribution in [2.75, 3.05) is 6.54 Å². The molecule has 0 radical (unpaired) electrons. The lowest BCUT2D eigenvalue weighted by atomic mass is 9.99. The fourth-order valence-corrected chi connectivity index (χ4v) is 2.04. The largest absolute Gasteiger partial charge is 0.311 e. The van der Waals surface area contributed by atoms with Gasteiger partial charge in [-0.25, -0.2) is 0 Å². The normalized spacial score (nSPS) is 12.6. The summed E-state index contributed by atoms with van der Waals surface area (Å²) in [5.41, 5.74) is 2.46. The van der Waals surface area contributed by atoms with Gasteiger partial charge in [-0.3, -0.25) is 4.98 Å². The van der Waals surface area contributed by atoms with Gasteiger partial charge in [0.05, 0.1) is 5.69 Å². The molecular formula is C15H26N2. The summed E-state index contributed by atoms with van der Waals surface area (Å²) in [5.74, 6) is 0.818. The second-order valence-electron chi connectivity index (χ2n) is 4.81. The Bertz CT molecular complexity index is 310. The zero-order valence-electron chi connectivity index (χ0n) is 11.5. The Morgan fingerprint density at radius 1 is 1.35 bits per heavy atom. The van der Waals surface area contributed by atoms with Gasteiger partial charge in [0.2, 0.25) is 0 Å². The summed E-state index contributed by atoms with van der Waals surface area (Å²) in [6, 6.07) is 4.12. The number of hydrogen-bond acceptors (Lipinski definition) is 2. The van der Waals surface area contributed by atoms with Crippen molar-refractivity contribution < 1.29 is 0 Å². The van der Waals surface area contributed by atoms with Crippen LogP contribution in [0, 0.1) is 12.8 Å². The monoisotopic (exact) mass is 234 g/mol. The third kappa shape index (κ3) is 5.31. The van der Waals surface area contributed by atoms with Crippen LogP contribution in [0.1, 0.15) is 50.8 Å². The molecule has 1 aromatic heterocycles. The van der Waals surface area contributed by atoms with Crippen LogP contribution in [0.2, 0.25) is 0 Å². The van der Waals surface area contributed by atoms with E-state index in [2.05, 4.69) is 37.1 Å². The van der Waals surface area contributed by atoms with Crippen LogP contribution in [0.4, 0.5) is 0 Å². The summed E-state index contributed by atoms with van der Waals surface area (Å²) in [5, 5.41) is 3.54. The summed E-state index contributed by atoms with van der Waals surface area (Å²) < 4.78 is 0. The number of rotatable bonds is 8. The number of aromatic nitrogens is 1. The predicted octanol–water partition coefficient (Wildman–Crippen LogP) is 3.70. The van der Waals surface area contributed by atoms with Crippen molar-refractivity contribution in [3.8, 4) is 0 Å². The molecule has 0 aliphatic heterocycles. The molecule has 0 spiro atoms. The van der Waals surface area contributed by atoms with Crippen LogP contribution in [0.3, 0.4) is 0 Å². The molecule has 0 saturated carbocycles. The van der Waals surface area contributed by atoms with E-state index in [4.69, 9.17) is 0 Å². The fourth-order valence-electron chi connectivity index (χ4n) is 2.04. The first kappa shape index (κ1) is 14.2. The molecule has 0 bridgehead atoms. The molecule has 1 rings (SSSR count). The van der Waals surface area contributed by atoms with Crippen molar-refractivity contribution in [1.29, 1.82) is 0 Å². The first-order valence-corrected chi connectivity index (χ1v) is 6.89. The van der Waals surface area contributed by atoms with Gasteiger partial charge in [-0.1, -0.05) is 39.2 Å². The Morgan fingerprint density at radius 2 is 2.18 bits per heavy atom. The number of unbranched alkanes of at least 4 members (excludes halogenated alkanes) is 1.